The minimum absolute atomic E-state index is 0.138. The summed E-state index contributed by atoms with van der Waals surface area (Å²) in [7, 11) is 1.48. The fourth-order valence-electron chi connectivity index (χ4n) is 1.65. The van der Waals surface area contributed by atoms with Gasteiger partial charge < -0.3 is 4.52 Å². The van der Waals surface area contributed by atoms with Gasteiger partial charge in [0.1, 0.15) is 5.69 Å². The summed E-state index contributed by atoms with van der Waals surface area (Å²) in [6.07, 6.45) is 2.90. The molecule has 0 spiro atoms. The van der Waals surface area contributed by atoms with Crippen molar-refractivity contribution in [2.45, 2.75) is 26.2 Å². The second kappa shape index (κ2) is 6.14. The third-order valence-electron chi connectivity index (χ3n) is 2.78. The largest absolute Gasteiger partial charge is 0.338 e. The van der Waals surface area contributed by atoms with Crippen LogP contribution >= 0.6 is 0 Å². The number of amides is 1. The quantitative estimate of drug-likeness (QED) is 0.890. The Balaban J connectivity index is 2.05. The van der Waals surface area contributed by atoms with Crippen molar-refractivity contribution >= 4 is 11.8 Å². The van der Waals surface area contributed by atoms with Crippen LogP contribution in [0.3, 0.4) is 0 Å². The lowest BCUT2D eigenvalue weighted by atomic mass is 10.2. The van der Waals surface area contributed by atoms with Crippen LogP contribution in [0.25, 0.3) is 0 Å². The van der Waals surface area contributed by atoms with E-state index in [1.54, 1.807) is 6.07 Å². The van der Waals surface area contributed by atoms with Gasteiger partial charge in [0.05, 0.1) is 5.69 Å². The third kappa shape index (κ3) is 3.31. The first-order chi connectivity index (χ1) is 9.60. The summed E-state index contributed by atoms with van der Waals surface area (Å²) in [6.45, 7) is 2.09. The van der Waals surface area contributed by atoms with Gasteiger partial charge in [-0.05, 0) is 18.9 Å². The zero-order valence-electron chi connectivity index (χ0n) is 11.4. The number of hydrogen-bond acceptors (Lipinski definition) is 5. The lowest BCUT2D eigenvalue weighted by Gasteiger charge is -2.01. The number of aromatic nitrogens is 3. The molecule has 0 saturated heterocycles. The van der Waals surface area contributed by atoms with Crippen molar-refractivity contribution in [1.29, 1.82) is 0 Å². The molecule has 0 aliphatic carbocycles. The highest BCUT2D eigenvalue weighted by Gasteiger charge is 2.12. The van der Waals surface area contributed by atoms with Gasteiger partial charge in [0.15, 0.2) is 0 Å². The molecule has 0 saturated carbocycles. The van der Waals surface area contributed by atoms with Crippen LogP contribution in [0.2, 0.25) is 0 Å². The lowest BCUT2D eigenvalue weighted by molar-refractivity contribution is 0.101. The van der Waals surface area contributed by atoms with E-state index in [-0.39, 0.29) is 17.1 Å². The predicted molar refractivity (Wildman–Crippen MR) is 72.5 cm³/mol. The van der Waals surface area contributed by atoms with Crippen molar-refractivity contribution in [1.82, 2.24) is 14.9 Å². The monoisotopic (exact) mass is 276 g/mol. The summed E-state index contributed by atoms with van der Waals surface area (Å²) in [5, 5.41) is 10.3. The second-order valence-electron chi connectivity index (χ2n) is 4.42. The molecule has 2 aromatic rings. The zero-order valence-corrected chi connectivity index (χ0v) is 11.4. The minimum atomic E-state index is -0.446. The molecule has 1 amide bonds. The fraction of sp³-hybridized carbons (Fsp3) is 0.385. The van der Waals surface area contributed by atoms with Crippen LogP contribution in [0.15, 0.2) is 27.5 Å². The molecule has 0 aliphatic rings. The molecule has 20 heavy (non-hydrogen) atoms. The Bertz CT molecular complexity index is 660. The van der Waals surface area contributed by atoms with Gasteiger partial charge in [-0.15, -0.1) is 0 Å². The van der Waals surface area contributed by atoms with Crippen LogP contribution in [-0.4, -0.2) is 20.8 Å². The highest BCUT2D eigenvalue weighted by Crippen LogP contribution is 2.12. The van der Waals surface area contributed by atoms with Crippen molar-refractivity contribution < 1.29 is 9.32 Å². The van der Waals surface area contributed by atoms with Gasteiger partial charge in [-0.25, -0.2) is 4.68 Å². The van der Waals surface area contributed by atoms with E-state index in [0.29, 0.717) is 0 Å². The van der Waals surface area contributed by atoms with Gasteiger partial charge in [-0.2, -0.15) is 5.10 Å². The van der Waals surface area contributed by atoms with Gasteiger partial charge in [-0.3, -0.25) is 14.9 Å². The maximum absolute atomic E-state index is 11.9. The van der Waals surface area contributed by atoms with Crippen molar-refractivity contribution in [3.05, 3.63) is 39.9 Å². The van der Waals surface area contributed by atoms with E-state index in [0.717, 1.165) is 29.6 Å². The Morgan fingerprint density at radius 2 is 2.25 bits per heavy atom. The number of anilines is 1. The Labute approximate surface area is 115 Å². The summed E-state index contributed by atoms with van der Waals surface area (Å²) in [5.41, 5.74) is 0.664. The summed E-state index contributed by atoms with van der Waals surface area (Å²) >= 11 is 0. The van der Waals surface area contributed by atoms with E-state index in [1.165, 1.54) is 19.2 Å². The number of nitrogens with zero attached hydrogens (tertiary/aromatic N) is 3. The Morgan fingerprint density at radius 3 is 2.95 bits per heavy atom. The molecular weight excluding hydrogens is 260 g/mol. The van der Waals surface area contributed by atoms with Gasteiger partial charge in [0.25, 0.3) is 11.5 Å². The highest BCUT2D eigenvalue weighted by molar-refractivity contribution is 6.01. The molecule has 2 aromatic heterocycles. The van der Waals surface area contributed by atoms with E-state index in [2.05, 4.69) is 22.5 Å². The SMILES string of the molecule is CCCCc1cc(NC(=O)c2ccc(=O)n(C)n2)on1. The Kier molecular flexibility index (Phi) is 4.29. The van der Waals surface area contributed by atoms with Gasteiger partial charge in [0, 0.05) is 19.2 Å². The molecule has 2 rings (SSSR count). The number of nitrogens with one attached hydrogen (secondary N) is 1. The first kappa shape index (κ1) is 14.0. The van der Waals surface area contributed by atoms with Crippen LogP contribution in [0, 0.1) is 0 Å². The van der Waals surface area contributed by atoms with E-state index in [1.807, 2.05) is 0 Å². The summed E-state index contributed by atoms with van der Waals surface area (Å²) in [4.78, 5) is 23.1. The molecule has 7 heteroatoms. The van der Waals surface area contributed by atoms with Crippen LogP contribution in [0.4, 0.5) is 5.88 Å². The van der Waals surface area contributed by atoms with E-state index >= 15 is 0 Å². The molecule has 0 fully saturated rings. The standard InChI is InChI=1S/C13H16N4O3/c1-3-4-5-9-8-11(20-16-9)14-13(19)10-6-7-12(18)17(2)15-10/h6-8H,3-5H2,1-2H3,(H,14,19). The normalized spacial score (nSPS) is 10.5. The summed E-state index contributed by atoms with van der Waals surface area (Å²) < 4.78 is 6.13. The number of carbonyl (C=O) groups is 1. The minimum Gasteiger partial charge on any atom is -0.338 e. The Hall–Kier alpha value is -2.44. The molecule has 106 valence electrons. The van der Waals surface area contributed by atoms with Crippen molar-refractivity contribution in [3.8, 4) is 0 Å². The predicted octanol–water partition coefficient (Wildman–Crippen LogP) is 1.36. The molecule has 0 radical (unpaired) electrons. The molecule has 0 atom stereocenters. The van der Waals surface area contributed by atoms with E-state index in [4.69, 9.17) is 4.52 Å². The van der Waals surface area contributed by atoms with E-state index in [9.17, 15) is 9.59 Å². The molecule has 0 bridgehead atoms. The topological polar surface area (TPSA) is 90.0 Å². The third-order valence-corrected chi connectivity index (χ3v) is 2.78. The van der Waals surface area contributed by atoms with Crippen molar-refractivity contribution in [3.63, 3.8) is 0 Å². The number of rotatable bonds is 5. The zero-order chi connectivity index (χ0) is 14.5. The maximum atomic E-state index is 11.9. The molecule has 0 aromatic carbocycles. The average molecular weight is 276 g/mol. The fourth-order valence-corrected chi connectivity index (χ4v) is 1.65. The Morgan fingerprint density at radius 1 is 1.45 bits per heavy atom. The van der Waals surface area contributed by atoms with Crippen LogP contribution < -0.4 is 10.9 Å². The van der Waals surface area contributed by atoms with Gasteiger partial charge in [0.2, 0.25) is 5.88 Å². The summed E-state index contributed by atoms with van der Waals surface area (Å²) in [6, 6.07) is 4.34. The number of aryl methyl sites for hydroxylation is 2. The first-order valence-electron chi connectivity index (χ1n) is 6.41. The molecule has 2 heterocycles. The van der Waals surface area contributed by atoms with Crippen LogP contribution in [0.5, 0.6) is 0 Å². The molecule has 1 N–H and O–H groups in total. The summed E-state index contributed by atoms with van der Waals surface area (Å²) in [5.74, 6) is -0.171. The first-order valence-corrected chi connectivity index (χ1v) is 6.41. The number of hydrogen-bond donors (Lipinski definition) is 1. The number of unbranched alkanes of at least 4 members (excludes halogenated alkanes) is 1. The van der Waals surface area contributed by atoms with E-state index < -0.39 is 5.91 Å². The molecule has 0 unspecified atom stereocenters. The molecule has 0 aliphatic heterocycles. The average Bonchev–Trinajstić information content (AvgIpc) is 2.87. The van der Waals surface area contributed by atoms with Crippen molar-refractivity contribution in [2.24, 2.45) is 7.05 Å². The van der Waals surface area contributed by atoms with Crippen molar-refractivity contribution in [2.75, 3.05) is 5.32 Å². The highest BCUT2D eigenvalue weighted by atomic mass is 16.5. The second-order valence-corrected chi connectivity index (χ2v) is 4.42. The molecular formula is C13H16N4O3. The maximum Gasteiger partial charge on any atom is 0.278 e. The number of carbonyl (C=O) groups excluding carboxylic acids is 1. The lowest BCUT2D eigenvalue weighted by Crippen LogP contribution is -2.23. The smallest absolute Gasteiger partial charge is 0.278 e. The van der Waals surface area contributed by atoms with Crippen LogP contribution in [-0.2, 0) is 13.5 Å². The molecule has 7 nitrogen and oxygen atoms in total. The van der Waals surface area contributed by atoms with Crippen LogP contribution in [0.1, 0.15) is 35.9 Å². The van der Waals surface area contributed by atoms with Gasteiger partial charge in [-0.1, -0.05) is 18.5 Å². The van der Waals surface area contributed by atoms with Gasteiger partial charge >= 0.3 is 0 Å².